The lowest BCUT2D eigenvalue weighted by Gasteiger charge is -2.06. The molecule has 0 unspecified atom stereocenters. The number of thioether (sulfide) groups is 1. The summed E-state index contributed by atoms with van der Waals surface area (Å²) < 4.78 is 0. The van der Waals surface area contributed by atoms with E-state index in [9.17, 15) is 14.9 Å². The lowest BCUT2D eigenvalue weighted by molar-refractivity contribution is -0.383. The van der Waals surface area contributed by atoms with Gasteiger partial charge in [-0.05, 0) is 23.8 Å². The summed E-state index contributed by atoms with van der Waals surface area (Å²) in [6, 6.07) is 11.5. The molecule has 0 saturated carbocycles. The van der Waals surface area contributed by atoms with Crippen molar-refractivity contribution >= 4 is 52.2 Å². The second kappa shape index (κ2) is 8.92. The summed E-state index contributed by atoms with van der Waals surface area (Å²) in [5, 5.41) is 14.5. The lowest BCUT2D eigenvalue weighted by Crippen LogP contribution is -2.13. The number of carbonyl (C=O) groups is 1. The van der Waals surface area contributed by atoms with Crippen molar-refractivity contribution in [2.45, 2.75) is 12.2 Å². The number of anilines is 1. The number of carbonyl (C=O) groups excluding carboxylic acids is 1. The predicted octanol–water partition coefficient (Wildman–Crippen LogP) is 5.16. The van der Waals surface area contributed by atoms with E-state index in [0.717, 1.165) is 5.56 Å². The van der Waals surface area contributed by atoms with Crippen molar-refractivity contribution in [2.75, 3.05) is 11.1 Å². The van der Waals surface area contributed by atoms with Gasteiger partial charge in [-0.15, -0.1) is 0 Å². The van der Waals surface area contributed by atoms with Crippen molar-refractivity contribution in [2.24, 2.45) is 0 Å². The largest absolute Gasteiger partial charge is 0.320 e. The molecule has 0 aliphatic carbocycles. The summed E-state index contributed by atoms with van der Waals surface area (Å²) in [4.78, 5) is 22.3. The molecule has 0 heterocycles. The number of nitrogens with zero attached hydrogens (tertiary/aromatic N) is 1. The van der Waals surface area contributed by atoms with Gasteiger partial charge < -0.3 is 5.32 Å². The second-order valence-electron chi connectivity index (χ2n) is 4.87. The third-order valence-corrected chi connectivity index (χ3v) is 4.87. The average molecular weight is 385 g/mol. The van der Waals surface area contributed by atoms with Crippen LogP contribution in [0, 0.1) is 10.1 Å². The van der Waals surface area contributed by atoms with Crippen LogP contribution in [0.25, 0.3) is 0 Å². The molecule has 8 heteroatoms. The molecule has 2 rings (SSSR count). The Morgan fingerprint density at radius 2 is 1.92 bits per heavy atom. The first-order chi connectivity index (χ1) is 11.5. The molecule has 0 bridgehead atoms. The van der Waals surface area contributed by atoms with Gasteiger partial charge in [0, 0.05) is 24.0 Å². The maximum absolute atomic E-state index is 11.9. The molecule has 1 N–H and O–H groups in total. The van der Waals surface area contributed by atoms with Crippen molar-refractivity contribution < 1.29 is 9.72 Å². The topological polar surface area (TPSA) is 72.2 Å². The maximum atomic E-state index is 11.9. The number of nitro benzene ring substituents is 1. The average Bonchev–Trinajstić information content (AvgIpc) is 2.55. The zero-order chi connectivity index (χ0) is 17.5. The van der Waals surface area contributed by atoms with Gasteiger partial charge in [0.1, 0.15) is 5.69 Å². The second-order valence-corrected chi connectivity index (χ2v) is 6.79. The van der Waals surface area contributed by atoms with Gasteiger partial charge in [0.05, 0.1) is 15.0 Å². The maximum Gasteiger partial charge on any atom is 0.292 e. The normalized spacial score (nSPS) is 10.4. The number of amides is 1. The lowest BCUT2D eigenvalue weighted by atomic mass is 10.2. The van der Waals surface area contributed by atoms with E-state index >= 15 is 0 Å². The molecule has 0 aliphatic rings. The Morgan fingerprint density at radius 1 is 1.17 bits per heavy atom. The van der Waals surface area contributed by atoms with E-state index in [-0.39, 0.29) is 23.7 Å². The zero-order valence-corrected chi connectivity index (χ0v) is 14.8. The van der Waals surface area contributed by atoms with Crippen LogP contribution in [0.15, 0.2) is 42.5 Å². The third kappa shape index (κ3) is 5.40. The van der Waals surface area contributed by atoms with Crippen LogP contribution in [0.4, 0.5) is 11.4 Å². The Labute approximate surface area is 153 Å². The number of benzene rings is 2. The number of nitrogens with one attached hydrogen (secondary N) is 1. The highest BCUT2D eigenvalue weighted by atomic mass is 35.5. The van der Waals surface area contributed by atoms with Crippen LogP contribution in [-0.2, 0) is 10.5 Å². The Bertz CT molecular complexity index is 756. The molecule has 0 fully saturated rings. The van der Waals surface area contributed by atoms with Crippen LogP contribution in [0.5, 0.6) is 0 Å². The summed E-state index contributed by atoms with van der Waals surface area (Å²) in [5.41, 5.74) is 1.12. The van der Waals surface area contributed by atoms with Crippen LogP contribution in [0.2, 0.25) is 10.0 Å². The van der Waals surface area contributed by atoms with E-state index in [1.54, 1.807) is 36.0 Å². The molecule has 0 saturated heterocycles. The SMILES string of the molecule is O=C(CCSCc1ccc(Cl)c(Cl)c1)Nc1ccccc1[N+](=O)[O-]. The summed E-state index contributed by atoms with van der Waals surface area (Å²) in [6.07, 6.45) is 0.262. The van der Waals surface area contributed by atoms with E-state index in [2.05, 4.69) is 5.32 Å². The van der Waals surface area contributed by atoms with Crippen molar-refractivity contribution in [3.05, 3.63) is 68.2 Å². The monoisotopic (exact) mass is 384 g/mol. The number of para-hydroxylation sites is 2. The molecule has 24 heavy (non-hydrogen) atoms. The fourth-order valence-corrected chi connectivity index (χ4v) is 3.15. The molecular weight excluding hydrogens is 371 g/mol. The number of rotatable bonds is 7. The van der Waals surface area contributed by atoms with Gasteiger partial charge in [0.15, 0.2) is 0 Å². The first kappa shape index (κ1) is 18.6. The smallest absolute Gasteiger partial charge is 0.292 e. The first-order valence-electron chi connectivity index (χ1n) is 7.02. The summed E-state index contributed by atoms with van der Waals surface area (Å²) >= 11 is 13.4. The number of hydrogen-bond donors (Lipinski definition) is 1. The fraction of sp³-hybridized carbons (Fsp3) is 0.188. The van der Waals surface area contributed by atoms with Gasteiger partial charge in [-0.3, -0.25) is 14.9 Å². The van der Waals surface area contributed by atoms with Gasteiger partial charge in [0.2, 0.25) is 5.91 Å². The molecule has 0 radical (unpaired) electrons. The molecule has 2 aromatic carbocycles. The van der Waals surface area contributed by atoms with Crippen LogP contribution in [-0.4, -0.2) is 16.6 Å². The van der Waals surface area contributed by atoms with Gasteiger partial charge in [0.25, 0.3) is 5.69 Å². The minimum Gasteiger partial charge on any atom is -0.320 e. The van der Waals surface area contributed by atoms with Gasteiger partial charge in [-0.1, -0.05) is 41.4 Å². The highest BCUT2D eigenvalue weighted by Crippen LogP contribution is 2.25. The van der Waals surface area contributed by atoms with Crippen molar-refractivity contribution in [1.82, 2.24) is 0 Å². The molecule has 0 aliphatic heterocycles. The van der Waals surface area contributed by atoms with E-state index in [1.807, 2.05) is 6.07 Å². The third-order valence-electron chi connectivity index (χ3n) is 3.10. The van der Waals surface area contributed by atoms with E-state index in [1.165, 1.54) is 12.1 Å². The minimum atomic E-state index is -0.519. The van der Waals surface area contributed by atoms with Crippen molar-refractivity contribution in [1.29, 1.82) is 0 Å². The summed E-state index contributed by atoms with van der Waals surface area (Å²) in [6.45, 7) is 0. The number of nitro groups is 1. The Hall–Kier alpha value is -1.76. The van der Waals surface area contributed by atoms with Crippen LogP contribution in [0.3, 0.4) is 0 Å². The molecule has 0 aromatic heterocycles. The molecule has 0 atom stereocenters. The zero-order valence-electron chi connectivity index (χ0n) is 12.5. The highest BCUT2D eigenvalue weighted by Gasteiger charge is 2.14. The van der Waals surface area contributed by atoms with E-state index < -0.39 is 4.92 Å². The summed E-state index contributed by atoms with van der Waals surface area (Å²) in [7, 11) is 0. The predicted molar refractivity (Wildman–Crippen MR) is 99.0 cm³/mol. The van der Waals surface area contributed by atoms with Gasteiger partial charge in [-0.2, -0.15) is 11.8 Å². The molecule has 5 nitrogen and oxygen atoms in total. The fourth-order valence-electron chi connectivity index (χ4n) is 1.94. The van der Waals surface area contributed by atoms with Gasteiger partial charge in [-0.25, -0.2) is 0 Å². The van der Waals surface area contributed by atoms with E-state index in [0.29, 0.717) is 21.6 Å². The molecule has 0 spiro atoms. The number of hydrogen-bond acceptors (Lipinski definition) is 4. The summed E-state index contributed by atoms with van der Waals surface area (Å²) in [5.74, 6) is 1.04. The Balaban J connectivity index is 1.79. The molecule has 2 aromatic rings. The minimum absolute atomic E-state index is 0.116. The Morgan fingerprint density at radius 3 is 2.62 bits per heavy atom. The molecular formula is C16H14Cl2N2O3S. The molecule has 126 valence electrons. The van der Waals surface area contributed by atoms with Gasteiger partial charge >= 0.3 is 0 Å². The molecule has 1 amide bonds. The van der Waals surface area contributed by atoms with Crippen LogP contribution < -0.4 is 5.32 Å². The highest BCUT2D eigenvalue weighted by molar-refractivity contribution is 7.98. The van der Waals surface area contributed by atoms with E-state index in [4.69, 9.17) is 23.2 Å². The first-order valence-corrected chi connectivity index (χ1v) is 8.93. The van der Waals surface area contributed by atoms with Crippen LogP contribution in [0.1, 0.15) is 12.0 Å². The number of halogens is 2. The Kier molecular flexibility index (Phi) is 6.90. The van der Waals surface area contributed by atoms with Crippen LogP contribution >= 0.6 is 35.0 Å². The van der Waals surface area contributed by atoms with Crippen molar-refractivity contribution in [3.63, 3.8) is 0 Å². The van der Waals surface area contributed by atoms with Crippen molar-refractivity contribution in [3.8, 4) is 0 Å². The standard InChI is InChI=1S/C16H14Cl2N2O3S/c17-12-6-5-11(9-13(12)18)10-24-8-7-16(21)19-14-3-1-2-4-15(14)20(22)23/h1-6,9H,7-8,10H2,(H,19,21). The quantitative estimate of drug-likeness (QED) is 0.406.